The molecule has 1 radical (unpaired) electrons. The Kier molecular flexibility index (Phi) is 10.3. The second-order valence-corrected chi connectivity index (χ2v) is 7.98. The van der Waals surface area contributed by atoms with Crippen molar-refractivity contribution in [1.29, 1.82) is 0 Å². The number of carbonyl (C=O) groups is 1. The summed E-state index contributed by atoms with van der Waals surface area (Å²) in [5.74, 6) is 0. The molecule has 0 aliphatic carbocycles. The van der Waals surface area contributed by atoms with Gasteiger partial charge in [-0.3, -0.25) is 4.90 Å². The minimum atomic E-state index is 0.0878. The molecule has 2 rings (SSSR count). The van der Waals surface area contributed by atoms with Gasteiger partial charge in [0.2, 0.25) is 7.28 Å². The van der Waals surface area contributed by atoms with Crippen LogP contribution < -0.4 is 10.2 Å². The van der Waals surface area contributed by atoms with Gasteiger partial charge in [-0.15, -0.1) is 0 Å². The van der Waals surface area contributed by atoms with Crippen LogP contribution >= 0.6 is 0 Å². The van der Waals surface area contributed by atoms with Crippen LogP contribution in [0.15, 0.2) is 36.5 Å². The highest BCUT2D eigenvalue weighted by molar-refractivity contribution is 6.76. The molecule has 6 heteroatoms. The third kappa shape index (κ3) is 8.63. The highest BCUT2D eigenvalue weighted by Gasteiger charge is 2.17. The normalized spacial score (nSPS) is 14.8. The van der Waals surface area contributed by atoms with Gasteiger partial charge in [-0.2, -0.15) is 0 Å². The molecule has 0 spiro atoms. The van der Waals surface area contributed by atoms with E-state index in [-0.39, 0.29) is 11.8 Å². The minimum absolute atomic E-state index is 0.0878. The Labute approximate surface area is 177 Å². The van der Waals surface area contributed by atoms with Crippen LogP contribution in [-0.4, -0.2) is 69.8 Å². The van der Waals surface area contributed by atoms with Crippen molar-refractivity contribution in [3.8, 4) is 0 Å². The lowest BCUT2D eigenvalue weighted by atomic mass is 9.73. The number of benzene rings is 1. The molecule has 1 N–H and O–H groups in total. The molecule has 1 aromatic rings. The first-order chi connectivity index (χ1) is 14.0. The summed E-state index contributed by atoms with van der Waals surface area (Å²) in [6.07, 6.45) is 3.88. The van der Waals surface area contributed by atoms with Crippen molar-refractivity contribution in [2.24, 2.45) is 0 Å². The number of rotatable bonds is 13. The van der Waals surface area contributed by atoms with Crippen molar-refractivity contribution in [3.05, 3.63) is 42.1 Å². The third-order valence-electron chi connectivity index (χ3n) is 5.27. The van der Waals surface area contributed by atoms with Gasteiger partial charge in [-0.25, -0.2) is 0 Å². The lowest BCUT2D eigenvalue weighted by Crippen LogP contribution is -2.46. The highest BCUT2D eigenvalue weighted by atomic mass is 16.5. The first-order valence-corrected chi connectivity index (χ1v) is 10.9. The summed E-state index contributed by atoms with van der Waals surface area (Å²) < 4.78 is 5.53. The Morgan fingerprint density at radius 1 is 1.14 bits per heavy atom. The predicted molar refractivity (Wildman–Crippen MR) is 123 cm³/mol. The second kappa shape index (κ2) is 12.7. The van der Waals surface area contributed by atoms with E-state index in [0.29, 0.717) is 6.61 Å². The van der Waals surface area contributed by atoms with Crippen molar-refractivity contribution in [3.63, 3.8) is 0 Å². The van der Waals surface area contributed by atoms with Gasteiger partial charge in [0.15, 0.2) is 0 Å². The molecule has 1 aliphatic rings. The number of ether oxygens (including phenoxy) is 1. The largest absolute Gasteiger partial charge is 0.387 e. The number of unbranched alkanes of at least 4 members (excludes halogenated alkanes) is 2. The maximum atomic E-state index is 11.7. The molecule has 1 aliphatic heterocycles. The number of hydrogen-bond donors (Lipinski definition) is 1. The average molecular weight is 398 g/mol. The Morgan fingerprint density at radius 3 is 2.45 bits per heavy atom. The van der Waals surface area contributed by atoms with Gasteiger partial charge in [-0.1, -0.05) is 32.0 Å². The monoisotopic (exact) mass is 398 g/mol. The number of nitrogens with zero attached hydrogens (tertiary/aromatic N) is 2. The second-order valence-electron chi connectivity index (χ2n) is 7.98. The molecule has 1 saturated heterocycles. The molecule has 29 heavy (non-hydrogen) atoms. The highest BCUT2D eigenvalue weighted by Crippen LogP contribution is 2.18. The lowest BCUT2D eigenvalue weighted by Gasteiger charge is -2.36. The minimum Gasteiger partial charge on any atom is -0.387 e. The van der Waals surface area contributed by atoms with Gasteiger partial charge in [0.25, 0.3) is 0 Å². The first-order valence-electron chi connectivity index (χ1n) is 10.9. The van der Waals surface area contributed by atoms with Crippen LogP contribution in [0, 0.1) is 0 Å². The molecule has 0 aromatic heterocycles. The van der Waals surface area contributed by atoms with E-state index >= 15 is 0 Å². The van der Waals surface area contributed by atoms with Gasteiger partial charge in [0.05, 0.1) is 12.7 Å². The van der Waals surface area contributed by atoms with Gasteiger partial charge in [-0.05, 0) is 45.4 Å². The molecule has 0 amide bonds. The van der Waals surface area contributed by atoms with Gasteiger partial charge in [0.1, 0.15) is 5.68 Å². The summed E-state index contributed by atoms with van der Waals surface area (Å²) in [5, 5.41) is 3.35. The molecule has 0 atom stereocenters. The van der Waals surface area contributed by atoms with Gasteiger partial charge < -0.3 is 19.7 Å². The van der Waals surface area contributed by atoms with Gasteiger partial charge >= 0.3 is 0 Å². The van der Waals surface area contributed by atoms with Crippen LogP contribution in [0.2, 0.25) is 6.82 Å². The van der Waals surface area contributed by atoms with E-state index in [9.17, 15) is 4.79 Å². The molecular weight excluding hydrogens is 361 g/mol. The molecule has 1 fully saturated rings. The molecular formula is C23H37BN3O2. The number of piperazine rings is 1. The Bertz CT molecular complexity index is 626. The van der Waals surface area contributed by atoms with Crippen molar-refractivity contribution >= 4 is 18.6 Å². The van der Waals surface area contributed by atoms with E-state index in [1.165, 1.54) is 31.5 Å². The summed E-state index contributed by atoms with van der Waals surface area (Å²) >= 11 is 0. The smallest absolute Gasteiger partial charge is 0.205 e. The van der Waals surface area contributed by atoms with Crippen molar-refractivity contribution in [1.82, 2.24) is 10.2 Å². The van der Waals surface area contributed by atoms with E-state index in [2.05, 4.69) is 33.8 Å². The van der Waals surface area contributed by atoms with Crippen LogP contribution in [-0.2, 0) is 4.74 Å². The van der Waals surface area contributed by atoms with Crippen molar-refractivity contribution in [2.45, 2.75) is 46.0 Å². The number of hydrogen-bond acceptors (Lipinski definition) is 5. The molecule has 0 saturated carbocycles. The van der Waals surface area contributed by atoms with E-state index in [4.69, 9.17) is 4.74 Å². The SMILES string of the molecule is C=C(COC(C)C)NCCCCCN1CCN(c2ccc(C(=O)[B]C)cc2)CC1. The fraction of sp³-hybridized carbons (Fsp3) is 0.609. The third-order valence-corrected chi connectivity index (χ3v) is 5.27. The quantitative estimate of drug-likeness (QED) is 0.408. The van der Waals surface area contributed by atoms with Crippen LogP contribution in [0.3, 0.4) is 0 Å². The maximum absolute atomic E-state index is 11.7. The fourth-order valence-corrected chi connectivity index (χ4v) is 3.45. The van der Waals surface area contributed by atoms with Crippen molar-refractivity contribution in [2.75, 3.05) is 50.8 Å². The molecule has 1 heterocycles. The van der Waals surface area contributed by atoms with E-state index in [1.807, 2.05) is 26.0 Å². The summed E-state index contributed by atoms with van der Waals surface area (Å²) in [6, 6.07) is 8.00. The number of anilines is 1. The number of carbonyl (C=O) groups excluding carboxylic acids is 1. The molecule has 0 bridgehead atoms. The Hall–Kier alpha value is -1.79. The van der Waals surface area contributed by atoms with Gasteiger partial charge in [0, 0.05) is 49.7 Å². The summed E-state index contributed by atoms with van der Waals surface area (Å²) in [7, 11) is 1.61. The lowest BCUT2D eigenvalue weighted by molar-refractivity contribution is 0.0944. The summed E-state index contributed by atoms with van der Waals surface area (Å²) in [5.41, 5.74) is 3.04. The molecule has 159 valence electrons. The average Bonchev–Trinajstić information content (AvgIpc) is 2.74. The Balaban J connectivity index is 1.56. The van der Waals surface area contributed by atoms with E-state index in [0.717, 1.165) is 44.0 Å². The fourth-order valence-electron chi connectivity index (χ4n) is 3.45. The van der Waals surface area contributed by atoms with E-state index < -0.39 is 0 Å². The topological polar surface area (TPSA) is 44.8 Å². The number of nitrogens with one attached hydrogen (secondary N) is 1. The van der Waals surface area contributed by atoms with Crippen LogP contribution in [0.1, 0.15) is 43.5 Å². The zero-order chi connectivity index (χ0) is 21.1. The van der Waals surface area contributed by atoms with Crippen LogP contribution in [0.4, 0.5) is 5.69 Å². The molecule has 0 unspecified atom stereocenters. The van der Waals surface area contributed by atoms with Crippen LogP contribution in [0.5, 0.6) is 0 Å². The zero-order valence-corrected chi connectivity index (χ0v) is 18.5. The molecule has 5 nitrogen and oxygen atoms in total. The van der Waals surface area contributed by atoms with Crippen molar-refractivity contribution < 1.29 is 9.53 Å². The summed E-state index contributed by atoms with van der Waals surface area (Å²) in [6.45, 7) is 16.9. The zero-order valence-electron chi connectivity index (χ0n) is 18.5. The molecule has 1 aromatic carbocycles. The van der Waals surface area contributed by atoms with E-state index in [1.54, 1.807) is 14.1 Å². The predicted octanol–water partition coefficient (Wildman–Crippen LogP) is 3.40. The Morgan fingerprint density at radius 2 is 1.83 bits per heavy atom. The van der Waals surface area contributed by atoms with Crippen LogP contribution in [0.25, 0.3) is 0 Å². The summed E-state index contributed by atoms with van der Waals surface area (Å²) in [4.78, 5) is 16.7. The first kappa shape index (κ1) is 23.5. The standard InChI is InChI=1S/C23H37BN3O2/c1-19(2)29-18-20(3)25-12-6-5-7-13-26-14-16-27(17-15-26)22-10-8-21(9-11-22)23(28)24-4/h8-11,19,25H,3,5-7,12-18H2,1-2,4H3. The maximum Gasteiger partial charge on any atom is 0.205 e.